The molecule has 0 aliphatic rings. The Hall–Kier alpha value is 0. The molecule has 0 N–H and O–H groups in total. The fourth-order valence-corrected chi connectivity index (χ4v) is 0. The van der Waals surface area contributed by atoms with E-state index in [1.807, 2.05) is 0 Å². The lowest BCUT2D eigenvalue weighted by molar-refractivity contribution is 2.50. The van der Waals surface area contributed by atoms with Gasteiger partial charge in [-0.3, -0.25) is 0 Å². The fourth-order valence-electron chi connectivity index (χ4n) is 0. The fraction of sp³-hybridized carbons (Fsp3) is 1.00. The van der Waals surface area contributed by atoms with Crippen LogP contribution in [0.5, 0.6) is 0 Å². The molecular weight excluding hydrogens is 84.1 g/mol. The molecule has 0 aromatic rings. The molecule has 0 aliphatic carbocycles. The van der Waals surface area contributed by atoms with Crippen LogP contribution < -0.4 is 0 Å². The molecule has 0 fully saturated rings. The van der Waals surface area contributed by atoms with E-state index in [1.165, 1.54) is 22.2 Å². The van der Waals surface area contributed by atoms with Crippen LogP contribution in [0.3, 0.4) is 0 Å². The van der Waals surface area contributed by atoms with Crippen LogP contribution in [0.1, 0.15) is 66.8 Å². The number of rotatable bonds is 0. The Bertz CT molecular complexity index is 25.4. The molecule has 0 rings (SSSR count). The predicted molar refractivity (Wildman–Crippen MR) is 47.1 cm³/mol. The molecule has 0 bridgehead atoms. The Morgan fingerprint density at radius 2 is 0.714 bits per heavy atom. The molecule has 0 aliphatic heterocycles. The summed E-state index contributed by atoms with van der Waals surface area (Å²) in [4.78, 5) is 0. The highest BCUT2D eigenvalue weighted by Crippen LogP contribution is 0.150. The van der Waals surface area contributed by atoms with E-state index in [0.717, 1.165) is 0 Å². The first-order valence-corrected chi connectivity index (χ1v) is 0. The summed E-state index contributed by atoms with van der Waals surface area (Å²) in [6, 6.07) is 0. The highest BCUT2D eigenvalue weighted by atomic mass is 12.0. The van der Waals surface area contributed by atoms with Gasteiger partial charge in [0.2, 0.25) is 0 Å². The van der Waals surface area contributed by atoms with Gasteiger partial charge < -0.3 is 0 Å². The van der Waals surface area contributed by atoms with Crippen LogP contribution in [0.25, 0.3) is 0 Å². The third kappa shape index (κ3) is 0. The Balaban J connectivity index is -0.0000000159. The third-order valence-corrected chi connectivity index (χ3v) is 0. The molecule has 7 heavy (non-hydrogen) atoms. The van der Waals surface area contributed by atoms with Gasteiger partial charge in [0.25, 0.3) is 0 Å². The average molecular weight is 123 g/mol. The van der Waals surface area contributed by atoms with Crippen molar-refractivity contribution in [3.63, 3.8) is 0 Å². The summed E-state index contributed by atoms with van der Waals surface area (Å²) in [5, 5.41) is 0. The van der Waals surface area contributed by atoms with Crippen molar-refractivity contribution in [2.75, 3.05) is 0 Å². The summed E-state index contributed by atoms with van der Waals surface area (Å²) in [6.45, 7) is 0. The van der Waals surface area contributed by atoms with Gasteiger partial charge in [0.1, 0.15) is 0 Å². The summed E-state index contributed by atoms with van der Waals surface area (Å²) in [7, 11) is 2.75. The summed E-state index contributed by atoms with van der Waals surface area (Å²) in [5.41, 5.74) is 0. The second-order valence-electron chi connectivity index (χ2n) is 0. The smallest absolute Gasteiger partial charge is 0.0194 e. The molecule has 0 saturated carbocycles. The minimum absolute atomic E-state index is 0.250. The van der Waals surface area contributed by atoms with Gasteiger partial charge in [-0.25, -0.2) is 0 Å². The molecule has 0 heteroatoms. The first-order chi connectivity index (χ1) is 8.66. The minimum Gasteiger partial charge on any atom is -0.0776 e. The van der Waals surface area contributed by atoms with Crippen molar-refractivity contribution in [3.8, 4) is 0 Å². The van der Waals surface area contributed by atoms with Crippen LogP contribution in [0.4, 0.5) is 0 Å². The lowest BCUT2D eigenvalue weighted by Crippen LogP contribution is 0.143. The van der Waals surface area contributed by atoms with Crippen molar-refractivity contribution in [1.29, 1.82) is 0 Å². The molecule has 0 nitrogen and oxygen atoms in total. The molecule has 0 spiro atoms. The van der Waals surface area contributed by atoms with Crippen LogP contribution >= 0.6 is 0 Å². The second kappa shape index (κ2) is 0. The SMILES string of the molecule is [2H]C.[2H]C.[2H]C.[2H]C[2H].[2H]C[2H].[2H]C[2H].[2H]C[2H]. The maximum Gasteiger partial charge on any atom is 0.0194 e. The van der Waals surface area contributed by atoms with Crippen LogP contribution in [0.15, 0.2) is 0 Å². The Morgan fingerprint density at radius 1 is 0.714 bits per heavy atom. The van der Waals surface area contributed by atoms with Gasteiger partial charge in [-0.15, -0.1) is 0 Å². The van der Waals surface area contributed by atoms with E-state index in [4.69, 9.17) is 15.1 Å². The van der Waals surface area contributed by atoms with Crippen LogP contribution in [0, 0.1) is 0 Å². The maximum atomic E-state index is 5.88. The summed E-state index contributed by atoms with van der Waals surface area (Å²) in [6.07, 6.45) is 0. The number of hydrogen-bond acceptors (Lipinski definition) is 0. The topological polar surface area (TPSA) is 0 Å². The van der Waals surface area contributed by atoms with Crippen molar-refractivity contribution in [3.05, 3.63) is 0 Å². The van der Waals surface area contributed by atoms with Crippen LogP contribution in [-0.2, 0) is 0 Å². The third-order valence-electron chi connectivity index (χ3n) is 0. The maximum absolute atomic E-state index is 5.88. The molecule has 0 amide bonds. The van der Waals surface area contributed by atoms with Gasteiger partial charge >= 0.3 is 0 Å². The van der Waals surface area contributed by atoms with Crippen LogP contribution in [0.2, 0.25) is 0 Å². The molecule has 0 heterocycles. The summed E-state index contributed by atoms with van der Waals surface area (Å²) >= 11 is 0. The average Bonchev–Trinajstić information content (AvgIpc) is 2.40. The molecule has 0 unspecified atom stereocenters. The van der Waals surface area contributed by atoms with E-state index in [0.29, 0.717) is 0 Å². The zero-order chi connectivity index (χ0) is 16.8. The largest absolute Gasteiger partial charge is 0.0776 e. The molecular formula is C7H28. The minimum atomic E-state index is -0.250. The molecule has 0 aromatic heterocycles. The molecule has 0 radical (unpaired) electrons. The second-order valence-corrected chi connectivity index (χ2v) is 0. The van der Waals surface area contributed by atoms with Gasteiger partial charge in [-0.1, -0.05) is 51.7 Å². The lowest BCUT2D eigenvalue weighted by Gasteiger charge is -0.0786. The first-order valence-electron chi connectivity index (χ1n) is 8.66. The molecule has 0 atom stereocenters. The van der Waals surface area contributed by atoms with Gasteiger partial charge in [-0.2, -0.15) is 0 Å². The molecule has 56 valence electrons. The summed E-state index contributed by atoms with van der Waals surface area (Å²) in [5.74, 6) is 0. The van der Waals surface area contributed by atoms with Crippen molar-refractivity contribution in [1.82, 2.24) is 0 Å². The Morgan fingerprint density at radius 3 is 0.714 bits per heavy atom. The van der Waals surface area contributed by atoms with Crippen molar-refractivity contribution < 1.29 is 15.1 Å². The van der Waals surface area contributed by atoms with E-state index in [1.54, 1.807) is 0 Å². The molecule has 0 aromatic carbocycles. The Labute approximate surface area is 68.4 Å². The summed E-state index contributed by atoms with van der Waals surface area (Å²) < 4.78 is 64.2. The normalized spacial score (nSPS) is 14.4. The van der Waals surface area contributed by atoms with E-state index < -0.39 is 0 Å². The standard InChI is InChI=1S/7CH4/h7*1H4/i4*1D2;3*1D. The number of hydrogen-bond donors (Lipinski definition) is 0. The van der Waals surface area contributed by atoms with Gasteiger partial charge in [0.15, 0.2) is 0 Å². The van der Waals surface area contributed by atoms with Gasteiger partial charge in [0.05, 0.1) is 0 Å². The van der Waals surface area contributed by atoms with E-state index >= 15 is 0 Å². The quantitative estimate of drug-likeness (QED) is 0.446. The highest BCUT2D eigenvalue weighted by molar-refractivity contribution is 2.51. The Kier molecular flexibility index (Phi) is 0. The van der Waals surface area contributed by atoms with Crippen molar-refractivity contribution in [2.24, 2.45) is 0 Å². The van der Waals surface area contributed by atoms with Crippen molar-refractivity contribution in [2.45, 2.75) is 51.7 Å². The van der Waals surface area contributed by atoms with E-state index in [2.05, 4.69) is 0 Å². The van der Waals surface area contributed by atoms with Gasteiger partial charge in [0, 0.05) is 15.1 Å². The highest BCUT2D eigenvalue weighted by Gasteiger charge is -0.0716. The lowest BCUT2D eigenvalue weighted by atomic mass is 12.0. The van der Waals surface area contributed by atoms with E-state index in [-0.39, 0.29) is 29.5 Å². The zero-order valence-corrected chi connectivity index (χ0v) is 5.83. The van der Waals surface area contributed by atoms with Gasteiger partial charge in [-0.05, 0) is 0 Å². The van der Waals surface area contributed by atoms with Crippen LogP contribution in [-0.4, -0.2) is 0 Å². The van der Waals surface area contributed by atoms with Crippen molar-refractivity contribution >= 4 is 0 Å². The van der Waals surface area contributed by atoms with E-state index in [9.17, 15) is 0 Å². The monoisotopic (exact) mass is 123 g/mol. The zero-order valence-electron chi connectivity index (χ0n) is 16.8. The first kappa shape index (κ1) is 2.08. The predicted octanol–water partition coefficient (Wildman–Crippen LogP) is 4.45. The molecule has 0 saturated heterocycles.